The zero-order valence-corrected chi connectivity index (χ0v) is 23.4. The van der Waals surface area contributed by atoms with Crippen LogP contribution in [0.5, 0.6) is 0 Å². The predicted octanol–water partition coefficient (Wildman–Crippen LogP) is 5.67. The standard InChI is InChI=1S/C32H38N4O3/c1-6-32(4,5)35-29(37)20-36-28-13-8-7-12-25(28)26(23-16-14-21(2)15-17-23)19-27(30(36)38)34-31(39)33-24-11-9-10-22(3)18-24/h7-18,26-27H,6,19-20H2,1-5H3,(H,35,37)(H2,33,34,39). The number of para-hydroxylation sites is 1. The van der Waals surface area contributed by atoms with Crippen LogP contribution in [0.1, 0.15) is 61.8 Å². The largest absolute Gasteiger partial charge is 0.350 e. The highest BCUT2D eigenvalue weighted by molar-refractivity contribution is 6.05. The first kappa shape index (κ1) is 27.9. The maximum absolute atomic E-state index is 14.1. The van der Waals surface area contributed by atoms with Gasteiger partial charge in [0.15, 0.2) is 0 Å². The Labute approximate surface area is 231 Å². The van der Waals surface area contributed by atoms with Gasteiger partial charge in [-0.05, 0) is 75.4 Å². The molecule has 2 unspecified atom stereocenters. The van der Waals surface area contributed by atoms with Crippen LogP contribution in [-0.2, 0) is 9.59 Å². The van der Waals surface area contributed by atoms with Gasteiger partial charge in [-0.25, -0.2) is 4.79 Å². The maximum Gasteiger partial charge on any atom is 0.319 e. The number of carbonyl (C=O) groups excluding carboxylic acids is 3. The third-order valence-corrected chi connectivity index (χ3v) is 7.36. The molecule has 3 aromatic carbocycles. The monoisotopic (exact) mass is 526 g/mol. The van der Waals surface area contributed by atoms with Gasteiger partial charge in [0, 0.05) is 22.8 Å². The van der Waals surface area contributed by atoms with E-state index >= 15 is 0 Å². The van der Waals surface area contributed by atoms with Crippen LogP contribution < -0.4 is 20.9 Å². The van der Waals surface area contributed by atoms with Gasteiger partial charge in [-0.1, -0.05) is 67.1 Å². The van der Waals surface area contributed by atoms with Crippen LogP contribution in [0, 0.1) is 13.8 Å². The van der Waals surface area contributed by atoms with E-state index in [1.807, 2.05) is 77.1 Å². The van der Waals surface area contributed by atoms with Crippen LogP contribution in [0.25, 0.3) is 0 Å². The molecule has 2 atom stereocenters. The van der Waals surface area contributed by atoms with Crippen molar-refractivity contribution in [3.63, 3.8) is 0 Å². The summed E-state index contributed by atoms with van der Waals surface area (Å²) in [6.07, 6.45) is 1.11. The Morgan fingerprint density at radius 3 is 2.36 bits per heavy atom. The number of anilines is 2. The van der Waals surface area contributed by atoms with Gasteiger partial charge in [0.2, 0.25) is 11.8 Å². The Balaban J connectivity index is 1.70. The minimum atomic E-state index is -0.847. The molecular formula is C32H38N4O3. The van der Waals surface area contributed by atoms with Crippen LogP contribution in [0.3, 0.4) is 0 Å². The van der Waals surface area contributed by atoms with E-state index in [9.17, 15) is 14.4 Å². The van der Waals surface area contributed by atoms with Crippen LogP contribution in [0.15, 0.2) is 72.8 Å². The van der Waals surface area contributed by atoms with Crippen LogP contribution in [0.4, 0.5) is 16.2 Å². The first-order valence-corrected chi connectivity index (χ1v) is 13.5. The quantitative estimate of drug-likeness (QED) is 0.371. The Hall–Kier alpha value is -4.13. The molecule has 0 spiro atoms. The lowest BCUT2D eigenvalue weighted by molar-refractivity contribution is -0.125. The van der Waals surface area contributed by atoms with E-state index in [1.165, 1.54) is 4.90 Å². The fourth-order valence-electron chi connectivity index (χ4n) is 4.89. The summed E-state index contributed by atoms with van der Waals surface area (Å²) in [6.45, 7) is 9.76. The minimum Gasteiger partial charge on any atom is -0.350 e. The van der Waals surface area contributed by atoms with E-state index in [4.69, 9.17) is 0 Å². The van der Waals surface area contributed by atoms with Gasteiger partial charge in [0.25, 0.3) is 0 Å². The van der Waals surface area contributed by atoms with Gasteiger partial charge in [-0.15, -0.1) is 0 Å². The van der Waals surface area contributed by atoms with Crippen LogP contribution in [0.2, 0.25) is 0 Å². The summed E-state index contributed by atoms with van der Waals surface area (Å²) in [7, 11) is 0. The number of urea groups is 1. The average Bonchev–Trinajstić information content (AvgIpc) is 3.00. The maximum atomic E-state index is 14.1. The van der Waals surface area contributed by atoms with E-state index in [1.54, 1.807) is 6.07 Å². The molecule has 0 radical (unpaired) electrons. The predicted molar refractivity (Wildman–Crippen MR) is 156 cm³/mol. The molecule has 39 heavy (non-hydrogen) atoms. The van der Waals surface area contributed by atoms with Gasteiger partial charge in [-0.2, -0.15) is 0 Å². The van der Waals surface area contributed by atoms with Gasteiger partial charge < -0.3 is 20.9 Å². The molecule has 7 heteroatoms. The normalized spacial score (nSPS) is 17.2. The van der Waals surface area contributed by atoms with Crippen LogP contribution in [-0.4, -0.2) is 36.0 Å². The number of carbonyl (C=O) groups is 3. The summed E-state index contributed by atoms with van der Waals surface area (Å²) in [5.74, 6) is -0.724. The molecule has 1 aliphatic rings. The molecule has 7 nitrogen and oxygen atoms in total. The van der Waals surface area contributed by atoms with Crippen molar-refractivity contribution in [3.8, 4) is 0 Å². The van der Waals surface area contributed by atoms with Crippen molar-refractivity contribution < 1.29 is 14.4 Å². The van der Waals surface area contributed by atoms with Gasteiger partial charge in [-0.3, -0.25) is 9.59 Å². The number of fused-ring (bicyclic) bond motifs is 1. The van der Waals surface area contributed by atoms with E-state index in [2.05, 4.69) is 40.2 Å². The molecule has 204 valence electrons. The lowest BCUT2D eigenvalue weighted by Gasteiger charge is -2.29. The smallest absolute Gasteiger partial charge is 0.319 e. The van der Waals surface area contributed by atoms with Crippen molar-refractivity contribution in [2.24, 2.45) is 0 Å². The highest BCUT2D eigenvalue weighted by Crippen LogP contribution is 2.39. The van der Waals surface area contributed by atoms with Crippen molar-refractivity contribution in [3.05, 3.63) is 95.1 Å². The molecule has 0 saturated carbocycles. The first-order chi connectivity index (χ1) is 18.6. The van der Waals surface area contributed by atoms with E-state index in [-0.39, 0.29) is 24.3 Å². The second-order valence-electron chi connectivity index (χ2n) is 11.0. The highest BCUT2D eigenvalue weighted by Gasteiger charge is 2.37. The number of aryl methyl sites for hydroxylation is 2. The summed E-state index contributed by atoms with van der Waals surface area (Å²) in [4.78, 5) is 41.8. The lowest BCUT2D eigenvalue weighted by Crippen LogP contribution is -2.53. The summed E-state index contributed by atoms with van der Waals surface area (Å²) in [5, 5.41) is 8.80. The van der Waals surface area contributed by atoms with Crippen LogP contribution >= 0.6 is 0 Å². The van der Waals surface area contributed by atoms with Gasteiger partial charge in [0.05, 0.1) is 0 Å². The fourth-order valence-corrected chi connectivity index (χ4v) is 4.89. The number of benzene rings is 3. The molecular weight excluding hydrogens is 488 g/mol. The van der Waals surface area contributed by atoms with E-state index in [0.717, 1.165) is 28.7 Å². The molecule has 4 rings (SSSR count). The topological polar surface area (TPSA) is 90.5 Å². The molecule has 4 amide bonds. The Morgan fingerprint density at radius 2 is 1.67 bits per heavy atom. The Morgan fingerprint density at radius 1 is 0.949 bits per heavy atom. The van der Waals surface area contributed by atoms with Gasteiger partial charge in [0.1, 0.15) is 12.6 Å². The highest BCUT2D eigenvalue weighted by atomic mass is 16.2. The molecule has 0 fully saturated rings. The molecule has 1 heterocycles. The van der Waals surface area contributed by atoms with Crippen molar-refractivity contribution in [1.29, 1.82) is 0 Å². The minimum absolute atomic E-state index is 0.141. The summed E-state index contributed by atoms with van der Waals surface area (Å²) >= 11 is 0. The fraction of sp³-hybridized carbons (Fsp3) is 0.344. The zero-order chi connectivity index (χ0) is 28.2. The number of hydrogen-bond acceptors (Lipinski definition) is 3. The molecule has 0 aliphatic carbocycles. The number of nitrogens with one attached hydrogen (secondary N) is 3. The number of nitrogens with zero attached hydrogens (tertiary/aromatic N) is 1. The van der Waals surface area contributed by atoms with E-state index in [0.29, 0.717) is 17.8 Å². The molecule has 3 aromatic rings. The third-order valence-electron chi connectivity index (χ3n) is 7.36. The van der Waals surface area contributed by atoms with Crippen molar-refractivity contribution in [2.75, 3.05) is 16.8 Å². The summed E-state index contributed by atoms with van der Waals surface area (Å²) < 4.78 is 0. The molecule has 0 aromatic heterocycles. The Bertz CT molecular complexity index is 1350. The average molecular weight is 527 g/mol. The first-order valence-electron chi connectivity index (χ1n) is 13.5. The molecule has 0 saturated heterocycles. The summed E-state index contributed by atoms with van der Waals surface area (Å²) in [6, 6.07) is 22.1. The van der Waals surface area contributed by atoms with Gasteiger partial charge >= 0.3 is 6.03 Å². The zero-order valence-electron chi connectivity index (χ0n) is 23.4. The second-order valence-corrected chi connectivity index (χ2v) is 11.0. The van der Waals surface area contributed by atoms with Crippen molar-refractivity contribution in [1.82, 2.24) is 10.6 Å². The molecule has 1 aliphatic heterocycles. The second kappa shape index (κ2) is 11.7. The number of amides is 4. The lowest BCUT2D eigenvalue weighted by atomic mass is 9.86. The van der Waals surface area contributed by atoms with E-state index < -0.39 is 17.6 Å². The number of hydrogen-bond donors (Lipinski definition) is 3. The van der Waals surface area contributed by atoms with Crippen molar-refractivity contribution >= 4 is 29.2 Å². The molecule has 3 N–H and O–H groups in total. The summed E-state index contributed by atoms with van der Waals surface area (Å²) in [5.41, 5.74) is 5.07. The Kier molecular flexibility index (Phi) is 8.38. The number of rotatable bonds is 7. The molecule has 0 bridgehead atoms. The van der Waals surface area contributed by atoms with Crippen molar-refractivity contribution in [2.45, 2.75) is 65.0 Å². The third kappa shape index (κ3) is 6.85. The SMILES string of the molecule is CCC(C)(C)NC(=O)CN1C(=O)C(NC(=O)Nc2cccc(C)c2)CC(c2ccc(C)cc2)c2ccccc21.